The molecular weight excluding hydrogens is 226 g/mol. The first-order chi connectivity index (χ1) is 8.11. The fourth-order valence-electron chi connectivity index (χ4n) is 2.09. The summed E-state index contributed by atoms with van der Waals surface area (Å²) >= 11 is 0. The second-order valence-corrected chi connectivity index (χ2v) is 4.27. The number of aromatic nitrogens is 1. The summed E-state index contributed by atoms with van der Waals surface area (Å²) in [6, 6.07) is 3.39. The van der Waals surface area contributed by atoms with Crippen LogP contribution >= 0.6 is 0 Å². The molecule has 90 valence electrons. The van der Waals surface area contributed by atoms with Gasteiger partial charge in [-0.25, -0.2) is 13.6 Å². The highest BCUT2D eigenvalue weighted by molar-refractivity contribution is 5.47. The van der Waals surface area contributed by atoms with Crippen LogP contribution in [0.1, 0.15) is 37.3 Å². The minimum Gasteiger partial charge on any atom is -0.259 e. The predicted molar refractivity (Wildman–Crippen MR) is 58.2 cm³/mol. The molecule has 2 rings (SSSR count). The average Bonchev–Trinajstić information content (AvgIpc) is 2.31. The van der Waals surface area contributed by atoms with Gasteiger partial charge in [-0.05, 0) is 25.0 Å². The lowest BCUT2D eigenvalue weighted by molar-refractivity contribution is -0.0384. The van der Waals surface area contributed by atoms with Gasteiger partial charge in [0.25, 0.3) is 0 Å². The van der Waals surface area contributed by atoms with Crippen molar-refractivity contribution < 1.29 is 13.6 Å². The Balaban J connectivity index is 2.06. The molecule has 17 heavy (non-hydrogen) atoms. The Morgan fingerprint density at radius 1 is 1.35 bits per heavy atom. The number of aliphatic imine (C=N–C) groups is 1. The van der Waals surface area contributed by atoms with Gasteiger partial charge in [-0.15, -0.1) is 0 Å². The topological polar surface area (TPSA) is 42.3 Å². The Hall–Kier alpha value is -1.61. The van der Waals surface area contributed by atoms with Crippen LogP contribution in [0.15, 0.2) is 23.3 Å². The minimum atomic E-state index is -2.52. The minimum absolute atomic E-state index is 0.0758. The molecule has 1 saturated carbocycles. The smallest absolute Gasteiger partial charge is 0.248 e. The number of isocyanates is 1. The number of pyridine rings is 1. The van der Waals surface area contributed by atoms with Crippen LogP contribution in [0, 0.1) is 0 Å². The van der Waals surface area contributed by atoms with E-state index in [4.69, 9.17) is 0 Å². The van der Waals surface area contributed by atoms with Crippen LogP contribution in [-0.4, -0.2) is 17.0 Å². The molecule has 1 aliphatic rings. The Morgan fingerprint density at radius 2 is 2.06 bits per heavy atom. The number of alkyl halides is 2. The zero-order valence-electron chi connectivity index (χ0n) is 9.20. The fourth-order valence-corrected chi connectivity index (χ4v) is 2.09. The maximum absolute atomic E-state index is 13.0. The van der Waals surface area contributed by atoms with Gasteiger partial charge in [-0.3, -0.25) is 4.98 Å². The van der Waals surface area contributed by atoms with E-state index in [1.54, 1.807) is 12.1 Å². The summed E-state index contributed by atoms with van der Waals surface area (Å²) in [5.74, 6) is -2.43. The van der Waals surface area contributed by atoms with E-state index in [1.165, 1.54) is 12.3 Å². The summed E-state index contributed by atoms with van der Waals surface area (Å²) in [5.41, 5.74) is 1.23. The lowest BCUT2D eigenvalue weighted by Gasteiger charge is -2.27. The molecule has 0 radical (unpaired) electrons. The first-order valence-corrected chi connectivity index (χ1v) is 5.52. The number of halogens is 2. The highest BCUT2D eigenvalue weighted by Crippen LogP contribution is 2.40. The third-order valence-electron chi connectivity index (χ3n) is 3.08. The maximum Gasteiger partial charge on any atom is 0.248 e. The molecule has 0 aromatic carbocycles. The van der Waals surface area contributed by atoms with Gasteiger partial charge in [-0.1, -0.05) is 0 Å². The van der Waals surface area contributed by atoms with E-state index in [0.717, 1.165) is 5.69 Å². The van der Waals surface area contributed by atoms with Crippen molar-refractivity contribution in [2.24, 2.45) is 4.99 Å². The molecule has 1 aromatic rings. The molecule has 0 saturated heterocycles. The lowest BCUT2D eigenvalue weighted by atomic mass is 9.84. The van der Waals surface area contributed by atoms with E-state index < -0.39 is 5.92 Å². The molecular formula is C12H12F2N2O. The number of hydrogen-bond donors (Lipinski definition) is 0. The van der Waals surface area contributed by atoms with E-state index in [9.17, 15) is 13.6 Å². The zero-order chi connectivity index (χ0) is 12.3. The molecule has 0 amide bonds. The van der Waals surface area contributed by atoms with Gasteiger partial charge < -0.3 is 0 Å². The zero-order valence-corrected chi connectivity index (χ0v) is 9.20. The number of carbonyl (C=O) groups excluding carboxylic acids is 1. The predicted octanol–water partition coefficient (Wildman–Crippen LogP) is 3.34. The van der Waals surface area contributed by atoms with Crippen LogP contribution in [0.3, 0.4) is 0 Å². The van der Waals surface area contributed by atoms with Crippen LogP contribution in [0.5, 0.6) is 0 Å². The molecule has 3 nitrogen and oxygen atoms in total. The van der Waals surface area contributed by atoms with Crippen molar-refractivity contribution in [2.45, 2.75) is 37.5 Å². The van der Waals surface area contributed by atoms with Crippen LogP contribution in [-0.2, 0) is 4.79 Å². The molecule has 0 spiro atoms. The molecule has 1 heterocycles. The molecule has 0 atom stereocenters. The van der Waals surface area contributed by atoms with Gasteiger partial charge in [0.05, 0.1) is 11.9 Å². The van der Waals surface area contributed by atoms with Crippen molar-refractivity contribution in [3.8, 4) is 0 Å². The van der Waals surface area contributed by atoms with E-state index in [0.29, 0.717) is 18.5 Å². The van der Waals surface area contributed by atoms with E-state index >= 15 is 0 Å². The van der Waals surface area contributed by atoms with Gasteiger partial charge in [-0.2, -0.15) is 4.99 Å². The summed E-state index contributed by atoms with van der Waals surface area (Å²) in [7, 11) is 0. The van der Waals surface area contributed by atoms with E-state index in [2.05, 4.69) is 9.98 Å². The molecule has 1 aromatic heterocycles. The number of hydrogen-bond acceptors (Lipinski definition) is 3. The van der Waals surface area contributed by atoms with Crippen molar-refractivity contribution in [1.29, 1.82) is 0 Å². The third kappa shape index (κ3) is 2.94. The largest absolute Gasteiger partial charge is 0.259 e. The SMILES string of the molecule is O=C=Nc1ccc(C2CCC(F)(F)CC2)nc1. The number of rotatable bonds is 2. The average molecular weight is 238 g/mol. The van der Waals surface area contributed by atoms with Crippen LogP contribution < -0.4 is 0 Å². The van der Waals surface area contributed by atoms with E-state index in [1.807, 2.05) is 0 Å². The summed E-state index contributed by atoms with van der Waals surface area (Å²) in [6.45, 7) is 0. The van der Waals surface area contributed by atoms with Crippen molar-refractivity contribution >= 4 is 11.8 Å². The highest BCUT2D eigenvalue weighted by atomic mass is 19.3. The van der Waals surface area contributed by atoms with Gasteiger partial charge in [0, 0.05) is 24.5 Å². The molecule has 1 fully saturated rings. The monoisotopic (exact) mass is 238 g/mol. The first kappa shape index (κ1) is 11.9. The van der Waals surface area contributed by atoms with Crippen LogP contribution in [0.4, 0.5) is 14.5 Å². The summed E-state index contributed by atoms with van der Waals surface area (Å²) < 4.78 is 26.0. The van der Waals surface area contributed by atoms with Crippen molar-refractivity contribution in [3.05, 3.63) is 24.0 Å². The standard InChI is InChI=1S/C12H12F2N2O/c13-12(14)5-3-9(4-6-12)11-2-1-10(7-15-11)16-8-17/h1-2,7,9H,3-6H2. The molecule has 1 aliphatic carbocycles. The normalized spacial score (nSPS) is 19.6. The van der Waals surface area contributed by atoms with Crippen LogP contribution in [0.25, 0.3) is 0 Å². The third-order valence-corrected chi connectivity index (χ3v) is 3.08. The first-order valence-electron chi connectivity index (χ1n) is 5.52. The highest BCUT2D eigenvalue weighted by Gasteiger charge is 2.35. The second-order valence-electron chi connectivity index (χ2n) is 4.27. The maximum atomic E-state index is 13.0. The lowest BCUT2D eigenvalue weighted by Crippen LogP contribution is -2.23. The summed E-state index contributed by atoms with van der Waals surface area (Å²) in [6.07, 6.45) is 3.65. The van der Waals surface area contributed by atoms with Crippen molar-refractivity contribution in [3.63, 3.8) is 0 Å². The summed E-state index contributed by atoms with van der Waals surface area (Å²) in [4.78, 5) is 17.6. The Kier molecular flexibility index (Phi) is 3.29. The molecule has 0 unspecified atom stereocenters. The Morgan fingerprint density at radius 3 is 2.59 bits per heavy atom. The molecule has 0 bridgehead atoms. The van der Waals surface area contributed by atoms with Gasteiger partial charge in [0.15, 0.2) is 0 Å². The molecule has 0 aliphatic heterocycles. The van der Waals surface area contributed by atoms with E-state index in [-0.39, 0.29) is 18.8 Å². The summed E-state index contributed by atoms with van der Waals surface area (Å²) in [5, 5.41) is 0. The Labute approximate surface area is 97.6 Å². The fraction of sp³-hybridized carbons (Fsp3) is 0.500. The quantitative estimate of drug-likeness (QED) is 0.585. The molecule has 5 heteroatoms. The van der Waals surface area contributed by atoms with Gasteiger partial charge in [0.2, 0.25) is 12.0 Å². The van der Waals surface area contributed by atoms with Gasteiger partial charge >= 0.3 is 0 Å². The van der Waals surface area contributed by atoms with Crippen molar-refractivity contribution in [1.82, 2.24) is 4.98 Å². The number of nitrogens with zero attached hydrogens (tertiary/aromatic N) is 2. The molecule has 0 N–H and O–H groups in total. The van der Waals surface area contributed by atoms with Crippen molar-refractivity contribution in [2.75, 3.05) is 0 Å². The van der Waals surface area contributed by atoms with Gasteiger partial charge in [0.1, 0.15) is 0 Å². The Bertz CT molecular complexity index is 428. The second kappa shape index (κ2) is 4.72. The van der Waals surface area contributed by atoms with Crippen LogP contribution in [0.2, 0.25) is 0 Å².